The Balaban J connectivity index is 1.69. The summed E-state index contributed by atoms with van der Waals surface area (Å²) in [4.78, 5) is 4.91. The monoisotopic (exact) mass is 440 g/mol. The van der Waals surface area contributed by atoms with Gasteiger partial charge in [0.1, 0.15) is 17.3 Å². The zero-order chi connectivity index (χ0) is 19.6. The third-order valence-electron chi connectivity index (χ3n) is 4.69. The molecule has 0 saturated carbocycles. The Morgan fingerprint density at radius 1 is 0.690 bits per heavy atom. The highest BCUT2D eigenvalue weighted by Gasteiger charge is 2.15. The van der Waals surface area contributed by atoms with Crippen molar-refractivity contribution in [2.45, 2.75) is 0 Å². The fourth-order valence-electron chi connectivity index (χ4n) is 3.43. The minimum Gasteiger partial charge on any atom is -0.457 e. The van der Waals surface area contributed by atoms with Crippen LogP contribution in [-0.2, 0) is 0 Å². The summed E-state index contributed by atoms with van der Waals surface area (Å²) in [6.45, 7) is 0. The van der Waals surface area contributed by atoms with Gasteiger partial charge in [-0.05, 0) is 36.4 Å². The van der Waals surface area contributed by atoms with E-state index in [2.05, 4.69) is 44.8 Å². The third kappa shape index (κ3) is 3.55. The molecule has 0 atom stereocenters. The van der Waals surface area contributed by atoms with Crippen LogP contribution < -0.4 is 4.74 Å². The minimum absolute atomic E-state index is 0.761. The average molecular weight is 441 g/mol. The second kappa shape index (κ2) is 7.57. The fraction of sp³-hybridized carbons (Fsp3) is 0. The summed E-state index contributed by atoms with van der Waals surface area (Å²) in [6.07, 6.45) is 0. The number of halogens is 1. The lowest BCUT2D eigenvalue weighted by Gasteiger charge is -2.13. The van der Waals surface area contributed by atoms with Crippen molar-refractivity contribution >= 4 is 27.0 Å². The Morgan fingerprint density at radius 2 is 1.38 bits per heavy atom. The van der Waals surface area contributed by atoms with Crippen molar-refractivity contribution in [3.05, 3.63) is 108 Å². The number of benzene rings is 4. The molecule has 0 aliphatic heterocycles. The molecule has 5 aromatic rings. The molecule has 0 N–H and O–H groups in total. The van der Waals surface area contributed by atoms with Gasteiger partial charge in [-0.1, -0.05) is 76.6 Å². The van der Waals surface area contributed by atoms with Gasteiger partial charge in [-0.15, -0.1) is 0 Å². The van der Waals surface area contributed by atoms with Crippen LogP contribution in [0.15, 0.2) is 108 Å². The van der Waals surface area contributed by atoms with Crippen molar-refractivity contribution < 1.29 is 4.74 Å². The highest BCUT2D eigenvalue weighted by Crippen LogP contribution is 2.33. The summed E-state index contributed by atoms with van der Waals surface area (Å²) in [5.74, 6) is 2.46. The zero-order valence-corrected chi connectivity index (χ0v) is 17.1. The molecule has 0 aliphatic carbocycles. The maximum Gasteiger partial charge on any atom is 0.145 e. The zero-order valence-electron chi connectivity index (χ0n) is 15.5. The Morgan fingerprint density at radius 3 is 2.17 bits per heavy atom. The minimum atomic E-state index is 0.761. The van der Waals surface area contributed by atoms with Crippen molar-refractivity contribution in [3.63, 3.8) is 0 Å². The van der Waals surface area contributed by atoms with Gasteiger partial charge in [-0.3, -0.25) is 4.57 Å². The van der Waals surface area contributed by atoms with E-state index >= 15 is 0 Å². The lowest BCUT2D eigenvalue weighted by Crippen LogP contribution is -1.98. The molecule has 0 unspecified atom stereocenters. The lowest BCUT2D eigenvalue weighted by molar-refractivity contribution is 0.482. The Labute approximate surface area is 177 Å². The molecule has 0 amide bonds. The largest absolute Gasteiger partial charge is 0.457 e. The van der Waals surface area contributed by atoms with Crippen LogP contribution in [0.25, 0.3) is 28.1 Å². The number of hydrogen-bond acceptors (Lipinski definition) is 2. The number of rotatable bonds is 4. The van der Waals surface area contributed by atoms with E-state index in [1.807, 2.05) is 78.9 Å². The standard InChI is InChI=1S/C25H17BrN2O/c26-19-15-20(17-22(16-19)29-21-11-5-2-6-12-21)28-24-14-8-7-13-23(24)27-25(28)18-9-3-1-4-10-18/h1-17H. The Kier molecular flexibility index (Phi) is 4.62. The van der Waals surface area contributed by atoms with Gasteiger partial charge in [0.2, 0.25) is 0 Å². The second-order valence-corrected chi connectivity index (χ2v) is 7.60. The Bertz CT molecular complexity index is 1280. The molecule has 140 valence electrons. The molecular weight excluding hydrogens is 424 g/mol. The van der Waals surface area contributed by atoms with E-state index in [-0.39, 0.29) is 0 Å². The van der Waals surface area contributed by atoms with E-state index in [1.54, 1.807) is 0 Å². The van der Waals surface area contributed by atoms with Crippen molar-refractivity contribution in [2.24, 2.45) is 0 Å². The number of imidazole rings is 1. The summed E-state index contributed by atoms with van der Waals surface area (Å²) in [5, 5.41) is 0. The van der Waals surface area contributed by atoms with Crippen LogP contribution in [0.5, 0.6) is 11.5 Å². The Hall–Kier alpha value is -3.37. The normalized spacial score (nSPS) is 10.9. The van der Waals surface area contributed by atoms with Gasteiger partial charge >= 0.3 is 0 Å². The first kappa shape index (κ1) is 17.7. The molecule has 29 heavy (non-hydrogen) atoms. The molecule has 0 aliphatic rings. The van der Waals surface area contributed by atoms with Crippen molar-refractivity contribution in [3.8, 4) is 28.6 Å². The van der Waals surface area contributed by atoms with Gasteiger partial charge in [0.15, 0.2) is 0 Å². The number of para-hydroxylation sites is 3. The molecule has 1 aromatic heterocycles. The maximum absolute atomic E-state index is 6.09. The van der Waals surface area contributed by atoms with Gasteiger partial charge in [-0.2, -0.15) is 0 Å². The molecule has 0 spiro atoms. The fourth-order valence-corrected chi connectivity index (χ4v) is 3.89. The van der Waals surface area contributed by atoms with Gasteiger partial charge in [0, 0.05) is 16.1 Å². The summed E-state index contributed by atoms with van der Waals surface area (Å²) in [5.41, 5.74) is 4.05. The first-order valence-corrected chi connectivity index (χ1v) is 10.1. The third-order valence-corrected chi connectivity index (χ3v) is 5.14. The van der Waals surface area contributed by atoms with Gasteiger partial charge in [0.05, 0.1) is 16.7 Å². The molecule has 1 heterocycles. The lowest BCUT2D eigenvalue weighted by atomic mass is 10.2. The van der Waals surface area contributed by atoms with E-state index in [1.165, 1.54) is 0 Å². The predicted octanol–water partition coefficient (Wildman–Crippen LogP) is 7.25. The van der Waals surface area contributed by atoms with Crippen LogP contribution in [0.1, 0.15) is 0 Å². The summed E-state index contributed by atoms with van der Waals surface area (Å²) < 4.78 is 9.21. The molecular formula is C25H17BrN2O. The molecule has 5 rings (SSSR count). The molecule has 0 saturated heterocycles. The van der Waals surface area contributed by atoms with E-state index in [9.17, 15) is 0 Å². The summed E-state index contributed by atoms with van der Waals surface area (Å²) in [6, 6.07) is 34.3. The van der Waals surface area contributed by atoms with E-state index in [0.717, 1.165) is 44.1 Å². The van der Waals surface area contributed by atoms with E-state index in [4.69, 9.17) is 9.72 Å². The van der Waals surface area contributed by atoms with Crippen LogP contribution >= 0.6 is 15.9 Å². The van der Waals surface area contributed by atoms with Crippen LogP contribution in [-0.4, -0.2) is 9.55 Å². The van der Waals surface area contributed by atoms with Crippen molar-refractivity contribution in [1.29, 1.82) is 0 Å². The van der Waals surface area contributed by atoms with Crippen molar-refractivity contribution in [2.75, 3.05) is 0 Å². The van der Waals surface area contributed by atoms with Crippen LogP contribution in [0.3, 0.4) is 0 Å². The van der Waals surface area contributed by atoms with Crippen LogP contribution in [0.2, 0.25) is 0 Å². The second-order valence-electron chi connectivity index (χ2n) is 6.69. The van der Waals surface area contributed by atoms with Crippen LogP contribution in [0, 0.1) is 0 Å². The van der Waals surface area contributed by atoms with Crippen molar-refractivity contribution in [1.82, 2.24) is 9.55 Å². The van der Waals surface area contributed by atoms with Gasteiger partial charge in [-0.25, -0.2) is 4.98 Å². The highest BCUT2D eigenvalue weighted by molar-refractivity contribution is 9.10. The summed E-state index contributed by atoms with van der Waals surface area (Å²) in [7, 11) is 0. The summed E-state index contributed by atoms with van der Waals surface area (Å²) >= 11 is 3.64. The first-order chi connectivity index (χ1) is 14.3. The maximum atomic E-state index is 6.09. The quantitative estimate of drug-likeness (QED) is 0.294. The average Bonchev–Trinajstić information content (AvgIpc) is 3.14. The number of ether oxygens (including phenoxy) is 1. The van der Waals surface area contributed by atoms with Crippen LogP contribution in [0.4, 0.5) is 0 Å². The topological polar surface area (TPSA) is 27.1 Å². The molecule has 0 bridgehead atoms. The van der Waals surface area contributed by atoms with Gasteiger partial charge in [0.25, 0.3) is 0 Å². The van der Waals surface area contributed by atoms with Gasteiger partial charge < -0.3 is 4.74 Å². The SMILES string of the molecule is Brc1cc(Oc2ccccc2)cc(-n2c(-c3ccccc3)nc3ccccc32)c1. The highest BCUT2D eigenvalue weighted by atomic mass is 79.9. The molecule has 4 heteroatoms. The number of aromatic nitrogens is 2. The number of fused-ring (bicyclic) bond motifs is 1. The van der Waals surface area contributed by atoms with E-state index < -0.39 is 0 Å². The first-order valence-electron chi connectivity index (χ1n) is 9.35. The predicted molar refractivity (Wildman–Crippen MR) is 121 cm³/mol. The number of hydrogen-bond donors (Lipinski definition) is 0. The smallest absolute Gasteiger partial charge is 0.145 e. The number of nitrogens with zero attached hydrogens (tertiary/aromatic N) is 2. The van der Waals surface area contributed by atoms with E-state index in [0.29, 0.717) is 0 Å². The molecule has 0 fully saturated rings. The molecule has 3 nitrogen and oxygen atoms in total. The molecule has 4 aromatic carbocycles. The molecule has 0 radical (unpaired) electrons.